The average Bonchev–Trinajstić information content (AvgIpc) is 2.62. The number of pyridine rings is 1. The van der Waals surface area contributed by atoms with Crippen LogP contribution in [0.2, 0.25) is 0 Å². The first-order valence-corrected chi connectivity index (χ1v) is 7.88. The van der Waals surface area contributed by atoms with Gasteiger partial charge in [-0.25, -0.2) is 5.43 Å². The van der Waals surface area contributed by atoms with Crippen molar-refractivity contribution in [2.24, 2.45) is 5.10 Å². The number of aromatic nitrogens is 1. The lowest BCUT2D eigenvalue weighted by molar-refractivity contribution is -0.129. The molecule has 25 heavy (non-hydrogen) atoms. The topological polar surface area (TPSA) is 92.7 Å². The van der Waals surface area contributed by atoms with Crippen molar-refractivity contribution in [1.82, 2.24) is 15.7 Å². The van der Waals surface area contributed by atoms with E-state index in [1.807, 2.05) is 37.3 Å². The number of para-hydroxylation sites is 1. The first-order valence-electron chi connectivity index (χ1n) is 7.88. The largest absolute Gasteiger partial charge is 0.493 e. The number of amides is 2. The summed E-state index contributed by atoms with van der Waals surface area (Å²) in [5.41, 5.74) is 3.94. The fourth-order valence-corrected chi connectivity index (χ4v) is 2.00. The van der Waals surface area contributed by atoms with Gasteiger partial charge in [0.25, 0.3) is 0 Å². The van der Waals surface area contributed by atoms with E-state index in [4.69, 9.17) is 4.74 Å². The van der Waals surface area contributed by atoms with Crippen molar-refractivity contribution in [2.45, 2.75) is 19.9 Å². The lowest BCUT2D eigenvalue weighted by atomic mass is 10.2. The fourth-order valence-electron chi connectivity index (χ4n) is 2.00. The standard InChI is InChI=1S/C18H20N4O3/c1-2-25-16-8-4-3-7-15(16)13-21-22-18(24)10-17(23)20-12-14-6-5-9-19-11-14/h3-9,11,13H,2,10,12H2,1H3,(H,20,23)(H,22,24)/b21-13-. The van der Waals surface area contributed by atoms with Gasteiger partial charge in [-0.05, 0) is 30.7 Å². The highest BCUT2D eigenvalue weighted by molar-refractivity contribution is 5.97. The number of rotatable bonds is 8. The van der Waals surface area contributed by atoms with E-state index >= 15 is 0 Å². The molecule has 0 aliphatic rings. The second-order valence-electron chi connectivity index (χ2n) is 5.08. The highest BCUT2D eigenvalue weighted by Gasteiger charge is 2.08. The molecule has 0 unspecified atom stereocenters. The van der Waals surface area contributed by atoms with Crippen LogP contribution < -0.4 is 15.5 Å². The summed E-state index contributed by atoms with van der Waals surface area (Å²) in [7, 11) is 0. The highest BCUT2D eigenvalue weighted by Crippen LogP contribution is 2.15. The molecule has 0 fully saturated rings. The number of ether oxygens (including phenoxy) is 1. The summed E-state index contributed by atoms with van der Waals surface area (Å²) in [4.78, 5) is 27.4. The molecular weight excluding hydrogens is 320 g/mol. The van der Waals surface area contributed by atoms with Crippen LogP contribution in [-0.2, 0) is 16.1 Å². The van der Waals surface area contributed by atoms with Gasteiger partial charge in [0.15, 0.2) is 0 Å². The summed E-state index contributed by atoms with van der Waals surface area (Å²) in [6, 6.07) is 11.0. The van der Waals surface area contributed by atoms with Gasteiger partial charge in [-0.15, -0.1) is 0 Å². The number of carbonyl (C=O) groups is 2. The first-order chi connectivity index (χ1) is 12.2. The Labute approximate surface area is 146 Å². The molecule has 2 aromatic rings. The van der Waals surface area contributed by atoms with E-state index in [9.17, 15) is 9.59 Å². The summed E-state index contributed by atoms with van der Waals surface area (Å²) in [5, 5.41) is 6.51. The SMILES string of the molecule is CCOc1ccccc1/C=N\NC(=O)CC(=O)NCc1cccnc1. The molecule has 7 heteroatoms. The van der Waals surface area contributed by atoms with Crippen LogP contribution in [0.15, 0.2) is 53.9 Å². The van der Waals surface area contributed by atoms with Gasteiger partial charge in [-0.2, -0.15) is 5.10 Å². The fraction of sp³-hybridized carbons (Fsp3) is 0.222. The molecule has 7 nitrogen and oxygen atoms in total. The second kappa shape index (κ2) is 9.82. The number of carbonyl (C=O) groups excluding carboxylic acids is 2. The molecule has 0 radical (unpaired) electrons. The molecule has 2 amide bonds. The smallest absolute Gasteiger partial charge is 0.249 e. The Balaban J connectivity index is 1.77. The molecule has 130 valence electrons. The second-order valence-corrected chi connectivity index (χ2v) is 5.08. The lowest BCUT2D eigenvalue weighted by Gasteiger charge is -2.06. The average molecular weight is 340 g/mol. The Kier molecular flexibility index (Phi) is 7.12. The summed E-state index contributed by atoms with van der Waals surface area (Å²) >= 11 is 0. The van der Waals surface area contributed by atoms with Crippen LogP contribution in [0.1, 0.15) is 24.5 Å². The van der Waals surface area contributed by atoms with Crippen molar-refractivity contribution >= 4 is 18.0 Å². The molecule has 0 atom stereocenters. The molecule has 1 aromatic carbocycles. The van der Waals surface area contributed by atoms with Gasteiger partial charge in [0.1, 0.15) is 12.2 Å². The van der Waals surface area contributed by atoms with E-state index in [0.717, 1.165) is 11.1 Å². The van der Waals surface area contributed by atoms with Crippen molar-refractivity contribution in [1.29, 1.82) is 0 Å². The molecule has 1 heterocycles. The highest BCUT2D eigenvalue weighted by atomic mass is 16.5. The van der Waals surface area contributed by atoms with Crippen LogP contribution in [0.4, 0.5) is 0 Å². The zero-order valence-electron chi connectivity index (χ0n) is 13.9. The summed E-state index contributed by atoms with van der Waals surface area (Å²) in [6.45, 7) is 2.75. The van der Waals surface area contributed by atoms with Crippen LogP contribution in [-0.4, -0.2) is 29.6 Å². The van der Waals surface area contributed by atoms with Crippen LogP contribution in [0, 0.1) is 0 Å². The molecule has 2 N–H and O–H groups in total. The van der Waals surface area contributed by atoms with Crippen LogP contribution in [0.3, 0.4) is 0 Å². The number of hydrazone groups is 1. The van der Waals surface area contributed by atoms with Gasteiger partial charge in [-0.3, -0.25) is 14.6 Å². The van der Waals surface area contributed by atoms with Crippen molar-refractivity contribution in [3.8, 4) is 5.75 Å². The lowest BCUT2D eigenvalue weighted by Crippen LogP contribution is -2.29. The molecule has 0 bridgehead atoms. The maximum atomic E-state index is 11.7. The normalized spacial score (nSPS) is 10.4. The molecule has 0 aliphatic carbocycles. The van der Waals surface area contributed by atoms with Gasteiger partial charge in [0, 0.05) is 24.5 Å². The molecule has 1 aromatic heterocycles. The van der Waals surface area contributed by atoms with E-state index in [0.29, 0.717) is 18.9 Å². The minimum atomic E-state index is -0.492. The van der Waals surface area contributed by atoms with Gasteiger partial charge in [-0.1, -0.05) is 18.2 Å². The van der Waals surface area contributed by atoms with Crippen molar-refractivity contribution in [3.05, 3.63) is 59.9 Å². The molecule has 2 rings (SSSR count). The van der Waals surface area contributed by atoms with Crippen molar-refractivity contribution in [2.75, 3.05) is 6.61 Å². The maximum absolute atomic E-state index is 11.7. The van der Waals surface area contributed by atoms with E-state index in [-0.39, 0.29) is 12.3 Å². The van der Waals surface area contributed by atoms with Gasteiger partial charge < -0.3 is 10.1 Å². The Bertz CT molecular complexity index is 732. The summed E-state index contributed by atoms with van der Waals surface area (Å²) in [6.07, 6.45) is 4.49. The predicted octanol–water partition coefficient (Wildman–Crippen LogP) is 1.64. The van der Waals surface area contributed by atoms with Crippen LogP contribution >= 0.6 is 0 Å². The molecule has 0 spiro atoms. The zero-order valence-corrected chi connectivity index (χ0v) is 13.9. The van der Waals surface area contributed by atoms with Crippen LogP contribution in [0.25, 0.3) is 0 Å². The molecule has 0 aliphatic heterocycles. The Hall–Kier alpha value is -3.22. The monoisotopic (exact) mass is 340 g/mol. The van der Waals surface area contributed by atoms with Crippen molar-refractivity contribution in [3.63, 3.8) is 0 Å². The number of benzene rings is 1. The first kappa shape index (κ1) is 18.1. The van der Waals surface area contributed by atoms with E-state index < -0.39 is 5.91 Å². The zero-order chi connectivity index (χ0) is 17.9. The van der Waals surface area contributed by atoms with Gasteiger partial charge in [0.05, 0.1) is 12.8 Å². The van der Waals surface area contributed by atoms with E-state index in [1.54, 1.807) is 18.5 Å². The predicted molar refractivity (Wildman–Crippen MR) is 94.0 cm³/mol. The summed E-state index contributed by atoms with van der Waals surface area (Å²) < 4.78 is 5.46. The number of hydrogen-bond acceptors (Lipinski definition) is 5. The van der Waals surface area contributed by atoms with Crippen molar-refractivity contribution < 1.29 is 14.3 Å². The van der Waals surface area contributed by atoms with E-state index in [2.05, 4.69) is 20.8 Å². The van der Waals surface area contributed by atoms with Crippen LogP contribution in [0.5, 0.6) is 5.75 Å². The summed E-state index contributed by atoms with van der Waals surface area (Å²) in [5.74, 6) is -0.197. The van der Waals surface area contributed by atoms with Gasteiger partial charge in [0.2, 0.25) is 11.8 Å². The number of nitrogens with zero attached hydrogens (tertiary/aromatic N) is 2. The number of hydrogen-bond donors (Lipinski definition) is 2. The molecule has 0 saturated carbocycles. The third kappa shape index (κ3) is 6.42. The molecule has 0 saturated heterocycles. The maximum Gasteiger partial charge on any atom is 0.249 e. The number of nitrogens with one attached hydrogen (secondary N) is 2. The molecular formula is C18H20N4O3. The minimum absolute atomic E-state index is 0.301. The third-order valence-corrected chi connectivity index (χ3v) is 3.15. The van der Waals surface area contributed by atoms with Gasteiger partial charge >= 0.3 is 0 Å². The van der Waals surface area contributed by atoms with E-state index in [1.165, 1.54) is 6.21 Å². The Morgan fingerprint density at radius 2 is 2.04 bits per heavy atom. The Morgan fingerprint density at radius 3 is 2.80 bits per heavy atom. The minimum Gasteiger partial charge on any atom is -0.493 e. The quantitative estimate of drug-likeness (QED) is 0.434. The Morgan fingerprint density at radius 1 is 1.20 bits per heavy atom. The third-order valence-electron chi connectivity index (χ3n) is 3.15.